The predicted octanol–water partition coefficient (Wildman–Crippen LogP) is 4.87. The molecule has 4 heteroatoms. The van der Waals surface area contributed by atoms with Gasteiger partial charge in [0.25, 0.3) is 0 Å². The molecule has 0 radical (unpaired) electrons. The number of hydrogen-bond donors (Lipinski definition) is 1. The van der Waals surface area contributed by atoms with Crippen molar-refractivity contribution < 1.29 is 0 Å². The van der Waals surface area contributed by atoms with Crippen LogP contribution in [0, 0.1) is 6.92 Å². The van der Waals surface area contributed by atoms with E-state index in [4.69, 9.17) is 23.2 Å². The third kappa shape index (κ3) is 3.07. The predicted molar refractivity (Wildman–Crippen MR) is 81.0 cm³/mol. The molecule has 1 aromatic carbocycles. The summed E-state index contributed by atoms with van der Waals surface area (Å²) in [5.41, 5.74) is 2.40. The van der Waals surface area contributed by atoms with Crippen molar-refractivity contribution in [1.29, 1.82) is 0 Å². The van der Waals surface area contributed by atoms with E-state index in [-0.39, 0.29) is 6.04 Å². The van der Waals surface area contributed by atoms with Crippen molar-refractivity contribution in [2.75, 3.05) is 7.05 Å². The van der Waals surface area contributed by atoms with Gasteiger partial charge in [0.2, 0.25) is 0 Å². The summed E-state index contributed by atoms with van der Waals surface area (Å²) in [6, 6.07) is 8.04. The first-order valence-electron chi connectivity index (χ1n) is 5.77. The van der Waals surface area contributed by atoms with Crippen molar-refractivity contribution in [3.05, 3.63) is 55.7 Å². The van der Waals surface area contributed by atoms with Gasteiger partial charge in [-0.1, -0.05) is 23.2 Å². The van der Waals surface area contributed by atoms with Crippen LogP contribution < -0.4 is 5.32 Å². The minimum absolute atomic E-state index is 0.279. The maximum absolute atomic E-state index is 6.22. The normalized spacial score (nSPS) is 12.7. The number of hydrogen-bond acceptors (Lipinski definition) is 2. The Balaban J connectivity index is 2.26. The molecule has 18 heavy (non-hydrogen) atoms. The fourth-order valence-electron chi connectivity index (χ4n) is 1.99. The summed E-state index contributed by atoms with van der Waals surface area (Å²) in [4.78, 5) is 1.36. The summed E-state index contributed by atoms with van der Waals surface area (Å²) in [7, 11) is 1.97. The molecule has 2 aromatic rings. The molecular formula is C14H15Cl2NS. The fraction of sp³-hybridized carbons (Fsp3) is 0.286. The monoisotopic (exact) mass is 299 g/mol. The molecular weight excluding hydrogens is 285 g/mol. The molecule has 0 fully saturated rings. The van der Waals surface area contributed by atoms with E-state index in [1.54, 1.807) is 11.3 Å². The summed E-state index contributed by atoms with van der Waals surface area (Å²) < 4.78 is 0. The molecule has 1 aromatic heterocycles. The number of aryl methyl sites for hydroxylation is 1. The summed E-state index contributed by atoms with van der Waals surface area (Å²) in [5.74, 6) is 0. The van der Waals surface area contributed by atoms with Crippen LogP contribution in [0.25, 0.3) is 0 Å². The summed E-state index contributed by atoms with van der Waals surface area (Å²) in [6.07, 6.45) is 0.844. The second-order valence-electron chi connectivity index (χ2n) is 4.25. The number of rotatable bonds is 4. The van der Waals surface area contributed by atoms with Crippen molar-refractivity contribution in [1.82, 2.24) is 5.32 Å². The zero-order chi connectivity index (χ0) is 13.1. The van der Waals surface area contributed by atoms with E-state index in [1.807, 2.05) is 25.2 Å². The molecule has 0 aliphatic carbocycles. The number of benzene rings is 1. The van der Waals surface area contributed by atoms with Crippen LogP contribution in [0.15, 0.2) is 29.6 Å². The van der Waals surface area contributed by atoms with E-state index in [0.29, 0.717) is 0 Å². The van der Waals surface area contributed by atoms with Crippen LogP contribution in [-0.4, -0.2) is 7.05 Å². The van der Waals surface area contributed by atoms with Crippen molar-refractivity contribution in [3.8, 4) is 0 Å². The lowest BCUT2D eigenvalue weighted by molar-refractivity contribution is 0.599. The van der Waals surface area contributed by atoms with Crippen LogP contribution >= 0.6 is 34.5 Å². The highest BCUT2D eigenvalue weighted by Crippen LogP contribution is 2.30. The highest BCUT2D eigenvalue weighted by molar-refractivity contribution is 7.10. The fourth-order valence-corrected chi connectivity index (χ4v) is 3.41. The first-order chi connectivity index (χ1) is 8.61. The maximum atomic E-state index is 6.22. The average Bonchev–Trinajstić information content (AvgIpc) is 2.77. The van der Waals surface area contributed by atoms with E-state index in [2.05, 4.69) is 23.7 Å². The van der Waals surface area contributed by atoms with Crippen molar-refractivity contribution >= 4 is 34.5 Å². The topological polar surface area (TPSA) is 12.0 Å². The molecule has 0 saturated heterocycles. The molecule has 2 rings (SSSR count). The largest absolute Gasteiger partial charge is 0.312 e. The Kier molecular flexibility index (Phi) is 4.68. The number of likely N-dealkylation sites (N-methyl/N-ethyl adjacent to an activating group) is 1. The first kappa shape index (κ1) is 13.9. The molecule has 0 amide bonds. The van der Waals surface area contributed by atoms with Crippen LogP contribution in [0.4, 0.5) is 0 Å². The van der Waals surface area contributed by atoms with Gasteiger partial charge >= 0.3 is 0 Å². The molecule has 0 spiro atoms. The highest BCUT2D eigenvalue weighted by atomic mass is 35.5. The second kappa shape index (κ2) is 6.07. The lowest BCUT2D eigenvalue weighted by Crippen LogP contribution is -2.18. The van der Waals surface area contributed by atoms with Gasteiger partial charge in [0.1, 0.15) is 0 Å². The Morgan fingerprint density at radius 2 is 2.06 bits per heavy atom. The van der Waals surface area contributed by atoms with Gasteiger partial charge in [-0.2, -0.15) is 0 Å². The number of halogens is 2. The van der Waals surface area contributed by atoms with Crippen LogP contribution in [0.1, 0.15) is 22.0 Å². The van der Waals surface area contributed by atoms with Crippen LogP contribution in [0.3, 0.4) is 0 Å². The SMILES string of the molecule is CNC(Cc1cc(Cl)ccc1Cl)c1sccc1C. The van der Waals surface area contributed by atoms with E-state index < -0.39 is 0 Å². The van der Waals surface area contributed by atoms with Crippen LogP contribution in [0.2, 0.25) is 10.0 Å². The lowest BCUT2D eigenvalue weighted by Gasteiger charge is -2.17. The Hall–Kier alpha value is -0.540. The minimum atomic E-state index is 0.279. The molecule has 1 unspecified atom stereocenters. The van der Waals surface area contributed by atoms with Crippen molar-refractivity contribution in [2.45, 2.75) is 19.4 Å². The van der Waals surface area contributed by atoms with E-state index in [0.717, 1.165) is 22.0 Å². The smallest absolute Gasteiger partial charge is 0.0456 e. The molecule has 0 bridgehead atoms. The van der Waals surface area contributed by atoms with E-state index in [1.165, 1.54) is 10.4 Å². The minimum Gasteiger partial charge on any atom is -0.312 e. The zero-order valence-corrected chi connectivity index (χ0v) is 12.7. The molecule has 1 atom stereocenters. The summed E-state index contributed by atoms with van der Waals surface area (Å²) in [6.45, 7) is 2.13. The molecule has 1 heterocycles. The average molecular weight is 300 g/mol. The highest BCUT2D eigenvalue weighted by Gasteiger charge is 2.15. The molecule has 0 saturated carbocycles. The Morgan fingerprint density at radius 3 is 2.67 bits per heavy atom. The van der Waals surface area contributed by atoms with Crippen LogP contribution in [-0.2, 0) is 6.42 Å². The number of thiophene rings is 1. The summed E-state index contributed by atoms with van der Waals surface area (Å²) in [5, 5.41) is 6.97. The Morgan fingerprint density at radius 1 is 1.28 bits per heavy atom. The van der Waals surface area contributed by atoms with Gasteiger partial charge in [0.15, 0.2) is 0 Å². The summed E-state index contributed by atoms with van der Waals surface area (Å²) >= 11 is 14.0. The van der Waals surface area contributed by atoms with Gasteiger partial charge < -0.3 is 5.32 Å². The van der Waals surface area contributed by atoms with Gasteiger partial charge in [0.05, 0.1) is 0 Å². The molecule has 96 valence electrons. The van der Waals surface area contributed by atoms with Gasteiger partial charge in [-0.25, -0.2) is 0 Å². The standard InChI is InChI=1S/C14H15Cl2NS/c1-9-5-6-18-14(9)13(17-2)8-10-7-11(15)3-4-12(10)16/h3-7,13,17H,8H2,1-2H3. The number of nitrogens with one attached hydrogen (secondary N) is 1. The van der Waals surface area contributed by atoms with Gasteiger partial charge in [-0.3, -0.25) is 0 Å². The Labute approximate surface area is 122 Å². The third-order valence-electron chi connectivity index (χ3n) is 3.00. The maximum Gasteiger partial charge on any atom is 0.0456 e. The van der Waals surface area contributed by atoms with E-state index in [9.17, 15) is 0 Å². The van der Waals surface area contributed by atoms with Crippen molar-refractivity contribution in [3.63, 3.8) is 0 Å². The van der Waals surface area contributed by atoms with E-state index >= 15 is 0 Å². The van der Waals surface area contributed by atoms with Crippen LogP contribution in [0.5, 0.6) is 0 Å². The Bertz CT molecular complexity index is 536. The molecule has 1 N–H and O–H groups in total. The van der Waals surface area contributed by atoms with Gasteiger partial charge in [-0.15, -0.1) is 11.3 Å². The zero-order valence-electron chi connectivity index (χ0n) is 10.3. The third-order valence-corrected chi connectivity index (χ3v) is 4.73. The van der Waals surface area contributed by atoms with Gasteiger partial charge in [0, 0.05) is 21.0 Å². The quantitative estimate of drug-likeness (QED) is 0.849. The van der Waals surface area contributed by atoms with Gasteiger partial charge in [-0.05, 0) is 61.2 Å². The molecule has 1 nitrogen and oxygen atoms in total. The first-order valence-corrected chi connectivity index (χ1v) is 7.40. The molecule has 0 aliphatic heterocycles. The lowest BCUT2D eigenvalue weighted by atomic mass is 10.0. The molecule has 0 aliphatic rings. The second-order valence-corrected chi connectivity index (χ2v) is 6.04. The van der Waals surface area contributed by atoms with Crippen molar-refractivity contribution in [2.24, 2.45) is 0 Å².